The van der Waals surface area contributed by atoms with Crippen molar-refractivity contribution < 1.29 is 19.1 Å². The Morgan fingerprint density at radius 1 is 1.10 bits per heavy atom. The van der Waals surface area contributed by atoms with E-state index in [2.05, 4.69) is 31.6 Å². The number of anilines is 2. The van der Waals surface area contributed by atoms with Gasteiger partial charge in [0.25, 0.3) is 11.8 Å². The van der Waals surface area contributed by atoms with Crippen molar-refractivity contribution in [1.29, 1.82) is 0 Å². The Morgan fingerprint density at radius 2 is 1.80 bits per heavy atom. The van der Waals surface area contributed by atoms with Gasteiger partial charge in [0, 0.05) is 10.2 Å². The van der Waals surface area contributed by atoms with E-state index in [1.165, 1.54) is 5.01 Å². The number of amides is 3. The van der Waals surface area contributed by atoms with Gasteiger partial charge in [0.2, 0.25) is 5.91 Å². The molecule has 0 saturated carbocycles. The fourth-order valence-electron chi connectivity index (χ4n) is 3.35. The highest BCUT2D eigenvalue weighted by atomic mass is 79.9. The third-order valence-electron chi connectivity index (χ3n) is 4.70. The lowest BCUT2D eigenvalue weighted by atomic mass is 10.1. The zero-order chi connectivity index (χ0) is 21.3. The molecule has 2 aromatic rings. The Morgan fingerprint density at radius 3 is 2.47 bits per heavy atom. The van der Waals surface area contributed by atoms with Crippen LogP contribution >= 0.6 is 15.9 Å². The van der Waals surface area contributed by atoms with E-state index in [4.69, 9.17) is 4.74 Å². The summed E-state index contributed by atoms with van der Waals surface area (Å²) in [5, 5.41) is 11.8. The maximum absolute atomic E-state index is 13.0. The van der Waals surface area contributed by atoms with E-state index >= 15 is 0 Å². The maximum Gasteiger partial charge on any atom is 0.263 e. The van der Waals surface area contributed by atoms with Gasteiger partial charge < -0.3 is 10.1 Å². The Hall–Kier alpha value is -3.27. The molecule has 2 atom stereocenters. The maximum atomic E-state index is 13.0. The van der Waals surface area contributed by atoms with Crippen molar-refractivity contribution in [3.05, 3.63) is 53.0 Å². The molecular formula is C20H18BrN5O4. The van der Waals surface area contributed by atoms with Crippen molar-refractivity contribution in [2.45, 2.75) is 19.0 Å². The van der Waals surface area contributed by atoms with Crippen LogP contribution in [0.15, 0.2) is 63.3 Å². The molecule has 1 N–H and O–H groups in total. The van der Waals surface area contributed by atoms with Gasteiger partial charge in [-0.05, 0) is 55.5 Å². The molecule has 4 rings (SSSR count). The summed E-state index contributed by atoms with van der Waals surface area (Å²) in [6, 6.07) is 11.9. The lowest BCUT2D eigenvalue weighted by molar-refractivity contribution is -0.123. The summed E-state index contributed by atoms with van der Waals surface area (Å²) < 4.78 is 6.28. The van der Waals surface area contributed by atoms with Crippen molar-refractivity contribution in [2.24, 2.45) is 10.3 Å². The number of carbonyl (C=O) groups excluding carboxylic acids is 3. The highest BCUT2D eigenvalue weighted by molar-refractivity contribution is 9.10. The van der Waals surface area contributed by atoms with Gasteiger partial charge in [-0.25, -0.2) is 4.90 Å². The third kappa shape index (κ3) is 3.78. The number of ether oxygens (including phenoxy) is 1. The Balaban J connectivity index is 1.46. The largest absolute Gasteiger partial charge is 0.494 e. The first kappa shape index (κ1) is 20.0. The van der Waals surface area contributed by atoms with E-state index < -0.39 is 23.9 Å². The number of benzene rings is 2. The van der Waals surface area contributed by atoms with Gasteiger partial charge >= 0.3 is 0 Å². The Kier molecular flexibility index (Phi) is 5.49. The fourth-order valence-corrected chi connectivity index (χ4v) is 3.61. The van der Waals surface area contributed by atoms with Crippen molar-refractivity contribution >= 4 is 45.0 Å². The fraction of sp³-hybridized carbons (Fsp3) is 0.250. The molecule has 0 spiro atoms. The van der Waals surface area contributed by atoms with Gasteiger partial charge in [0.1, 0.15) is 12.3 Å². The zero-order valence-electron chi connectivity index (χ0n) is 16.0. The minimum absolute atomic E-state index is 0.198. The number of rotatable bonds is 6. The van der Waals surface area contributed by atoms with Gasteiger partial charge in [-0.3, -0.25) is 19.4 Å². The molecule has 9 nitrogen and oxygen atoms in total. The van der Waals surface area contributed by atoms with Crippen LogP contribution < -0.4 is 15.0 Å². The second-order valence-corrected chi connectivity index (χ2v) is 7.60. The number of hydrogen-bond donors (Lipinski definition) is 1. The average molecular weight is 472 g/mol. The lowest BCUT2D eigenvalue weighted by Gasteiger charge is -2.20. The summed E-state index contributed by atoms with van der Waals surface area (Å²) in [4.78, 5) is 39.2. The molecule has 0 aliphatic carbocycles. The number of nitrogens with one attached hydrogen (secondary N) is 1. The van der Waals surface area contributed by atoms with E-state index in [-0.39, 0.29) is 12.5 Å². The first-order chi connectivity index (χ1) is 14.5. The molecule has 1 fully saturated rings. The topological polar surface area (TPSA) is 104 Å². The number of carbonyl (C=O) groups is 3. The quantitative estimate of drug-likeness (QED) is 0.652. The smallest absolute Gasteiger partial charge is 0.263 e. The van der Waals surface area contributed by atoms with Crippen LogP contribution in [0.1, 0.15) is 6.92 Å². The van der Waals surface area contributed by atoms with Crippen molar-refractivity contribution in [2.75, 3.05) is 23.4 Å². The molecule has 154 valence electrons. The van der Waals surface area contributed by atoms with Gasteiger partial charge in [-0.15, -0.1) is 0 Å². The highest BCUT2D eigenvalue weighted by Gasteiger charge is 2.55. The number of imide groups is 1. The van der Waals surface area contributed by atoms with Crippen molar-refractivity contribution in [3.63, 3.8) is 0 Å². The summed E-state index contributed by atoms with van der Waals surface area (Å²) >= 11 is 3.33. The number of halogens is 1. The van der Waals surface area contributed by atoms with Gasteiger partial charge in [-0.2, -0.15) is 5.11 Å². The summed E-state index contributed by atoms with van der Waals surface area (Å²) in [6.07, 6.45) is 0. The number of hydrogen-bond acceptors (Lipinski definition) is 7. The predicted molar refractivity (Wildman–Crippen MR) is 112 cm³/mol. The summed E-state index contributed by atoms with van der Waals surface area (Å²) in [5.41, 5.74) is 1.04. The minimum Gasteiger partial charge on any atom is -0.494 e. The lowest BCUT2D eigenvalue weighted by Crippen LogP contribution is -2.43. The molecule has 2 aliphatic heterocycles. The first-order valence-corrected chi connectivity index (χ1v) is 10.1. The molecule has 30 heavy (non-hydrogen) atoms. The van der Waals surface area contributed by atoms with Gasteiger partial charge in [-0.1, -0.05) is 21.2 Å². The molecule has 2 heterocycles. The third-order valence-corrected chi connectivity index (χ3v) is 5.23. The van der Waals surface area contributed by atoms with Crippen LogP contribution in [0.5, 0.6) is 5.75 Å². The SMILES string of the molecule is CCOc1ccc(N2C(=O)[C@H]3N=NN(CC(=O)Nc4ccc(Br)cc4)[C@@H]3C2=O)cc1. The molecule has 0 unspecified atom stereocenters. The number of fused-ring (bicyclic) bond motifs is 1. The zero-order valence-corrected chi connectivity index (χ0v) is 17.6. The van der Waals surface area contributed by atoms with E-state index in [1.54, 1.807) is 48.5 Å². The van der Waals surface area contributed by atoms with Crippen LogP contribution in [0.25, 0.3) is 0 Å². The first-order valence-electron chi connectivity index (χ1n) is 9.31. The minimum atomic E-state index is -0.954. The summed E-state index contributed by atoms with van der Waals surface area (Å²) in [6.45, 7) is 2.19. The molecular weight excluding hydrogens is 454 g/mol. The van der Waals surface area contributed by atoms with E-state index in [9.17, 15) is 14.4 Å². The molecule has 1 saturated heterocycles. The van der Waals surface area contributed by atoms with Crippen LogP contribution in [0.2, 0.25) is 0 Å². The van der Waals surface area contributed by atoms with Crippen LogP contribution in [-0.2, 0) is 14.4 Å². The standard InChI is InChI=1S/C20H18BrN5O4/c1-2-30-15-9-7-14(8-10-15)26-19(28)17-18(20(26)29)25(24-23-17)11-16(27)22-13-5-3-12(21)4-6-13/h3-10,17-18H,2,11H2,1H3,(H,22,27)/t17-,18-/m0/s1. The molecule has 2 aromatic carbocycles. The Bertz CT molecular complexity index is 1010. The van der Waals surface area contributed by atoms with Gasteiger partial charge in [0.15, 0.2) is 12.1 Å². The molecule has 10 heteroatoms. The highest BCUT2D eigenvalue weighted by Crippen LogP contribution is 2.32. The summed E-state index contributed by atoms with van der Waals surface area (Å²) in [7, 11) is 0. The molecule has 0 bridgehead atoms. The normalized spacial score (nSPS) is 19.9. The van der Waals surface area contributed by atoms with Crippen molar-refractivity contribution in [3.8, 4) is 5.75 Å². The summed E-state index contributed by atoms with van der Waals surface area (Å²) in [5.74, 6) is -0.646. The second-order valence-electron chi connectivity index (χ2n) is 6.69. The van der Waals surface area contributed by atoms with Crippen LogP contribution in [-0.4, -0.2) is 48.0 Å². The van der Waals surface area contributed by atoms with Crippen LogP contribution in [0, 0.1) is 0 Å². The monoisotopic (exact) mass is 471 g/mol. The van der Waals surface area contributed by atoms with Crippen LogP contribution in [0.3, 0.4) is 0 Å². The second kappa shape index (κ2) is 8.23. The van der Waals surface area contributed by atoms with Crippen molar-refractivity contribution in [1.82, 2.24) is 5.01 Å². The average Bonchev–Trinajstić information content (AvgIpc) is 3.24. The van der Waals surface area contributed by atoms with E-state index in [0.717, 1.165) is 9.37 Å². The van der Waals surface area contributed by atoms with Gasteiger partial charge in [0.05, 0.1) is 12.3 Å². The van der Waals surface area contributed by atoms with E-state index in [1.807, 2.05) is 6.92 Å². The molecule has 0 radical (unpaired) electrons. The predicted octanol–water partition coefficient (Wildman–Crippen LogP) is 2.78. The van der Waals surface area contributed by atoms with E-state index in [0.29, 0.717) is 23.7 Å². The molecule has 3 amide bonds. The molecule has 0 aromatic heterocycles. The molecule has 2 aliphatic rings. The Labute approximate surface area is 180 Å². The number of nitrogens with zero attached hydrogens (tertiary/aromatic N) is 4. The van der Waals surface area contributed by atoms with Crippen LogP contribution in [0.4, 0.5) is 11.4 Å².